The van der Waals surface area contributed by atoms with Gasteiger partial charge in [0.05, 0.1) is 29.1 Å². The summed E-state index contributed by atoms with van der Waals surface area (Å²) in [5, 5.41) is 6.00. The van der Waals surface area contributed by atoms with Crippen LogP contribution in [0.15, 0.2) is 30.3 Å². The summed E-state index contributed by atoms with van der Waals surface area (Å²) in [4.78, 5) is 19.8. The Balaban J connectivity index is 1.68. The van der Waals surface area contributed by atoms with Crippen molar-refractivity contribution in [2.45, 2.75) is 58.5 Å². The lowest BCUT2D eigenvalue weighted by Gasteiger charge is -2.52. The highest BCUT2D eigenvalue weighted by atomic mass is 16.5. The van der Waals surface area contributed by atoms with E-state index in [4.69, 9.17) is 19.6 Å². The number of fused-ring (bicyclic) bond motifs is 1. The molecule has 5 rings (SSSR count). The summed E-state index contributed by atoms with van der Waals surface area (Å²) >= 11 is 0. The molecule has 7 heteroatoms. The molecule has 4 heterocycles. The fourth-order valence-electron chi connectivity index (χ4n) is 5.00. The smallest absolute Gasteiger partial charge is 0.357 e. The molecule has 1 spiro atoms. The second-order valence-corrected chi connectivity index (χ2v) is 9.58. The molecule has 3 aromatic rings. The SMILES string of the molecule is CCOC(=O)c1cc(N2CC3(CCCCO3)C2)c2c(C(C)C)nn(-c3cccc(C)c3)c2n1. The molecule has 2 saturated heterocycles. The number of nitrogens with zero attached hydrogens (tertiary/aromatic N) is 4. The Hall–Kier alpha value is -2.93. The maximum atomic E-state index is 12.7. The Morgan fingerprint density at radius 3 is 2.73 bits per heavy atom. The molecule has 33 heavy (non-hydrogen) atoms. The predicted octanol–water partition coefficient (Wildman–Crippen LogP) is 4.79. The first-order valence-electron chi connectivity index (χ1n) is 12.0. The van der Waals surface area contributed by atoms with E-state index in [0.717, 1.165) is 60.6 Å². The van der Waals surface area contributed by atoms with E-state index in [-0.39, 0.29) is 11.5 Å². The van der Waals surface area contributed by atoms with Crippen LogP contribution in [-0.4, -0.2) is 52.6 Å². The number of carbonyl (C=O) groups is 1. The van der Waals surface area contributed by atoms with Gasteiger partial charge in [0, 0.05) is 19.7 Å². The normalized spacial score (nSPS) is 17.5. The van der Waals surface area contributed by atoms with Gasteiger partial charge in [0.2, 0.25) is 0 Å². The number of carbonyl (C=O) groups excluding carboxylic acids is 1. The van der Waals surface area contributed by atoms with Crippen molar-refractivity contribution in [1.82, 2.24) is 14.8 Å². The van der Waals surface area contributed by atoms with Gasteiger partial charge < -0.3 is 14.4 Å². The van der Waals surface area contributed by atoms with Gasteiger partial charge in [0.15, 0.2) is 11.3 Å². The van der Waals surface area contributed by atoms with Crippen molar-refractivity contribution < 1.29 is 14.3 Å². The van der Waals surface area contributed by atoms with E-state index in [0.29, 0.717) is 17.9 Å². The van der Waals surface area contributed by atoms with E-state index in [2.05, 4.69) is 37.8 Å². The number of aryl methyl sites for hydroxylation is 1. The number of anilines is 1. The number of aromatic nitrogens is 3. The highest BCUT2D eigenvalue weighted by Crippen LogP contribution is 2.42. The van der Waals surface area contributed by atoms with E-state index < -0.39 is 5.97 Å². The molecule has 7 nitrogen and oxygen atoms in total. The topological polar surface area (TPSA) is 69.5 Å². The molecule has 2 aliphatic rings. The number of benzene rings is 1. The molecular weight excluding hydrogens is 416 g/mol. The highest BCUT2D eigenvalue weighted by molar-refractivity contribution is 5.99. The van der Waals surface area contributed by atoms with Crippen LogP contribution in [0.2, 0.25) is 0 Å². The Kier molecular flexibility index (Phi) is 5.60. The van der Waals surface area contributed by atoms with Crippen LogP contribution in [0.3, 0.4) is 0 Å². The summed E-state index contributed by atoms with van der Waals surface area (Å²) in [5.41, 5.74) is 4.98. The van der Waals surface area contributed by atoms with Crippen molar-refractivity contribution in [3.63, 3.8) is 0 Å². The average molecular weight is 449 g/mol. The summed E-state index contributed by atoms with van der Waals surface area (Å²) < 4.78 is 13.4. The lowest BCUT2D eigenvalue weighted by Crippen LogP contribution is -2.64. The summed E-state index contributed by atoms with van der Waals surface area (Å²) in [5.74, 6) is -0.207. The minimum atomic E-state index is -0.409. The Labute approximate surface area is 194 Å². The van der Waals surface area contributed by atoms with Crippen molar-refractivity contribution >= 4 is 22.7 Å². The van der Waals surface area contributed by atoms with E-state index in [9.17, 15) is 4.79 Å². The predicted molar refractivity (Wildman–Crippen MR) is 128 cm³/mol. The molecule has 0 atom stereocenters. The fraction of sp³-hybridized carbons (Fsp3) is 0.500. The Morgan fingerprint density at radius 1 is 1.24 bits per heavy atom. The van der Waals surface area contributed by atoms with Crippen LogP contribution in [0.4, 0.5) is 5.69 Å². The van der Waals surface area contributed by atoms with Crippen molar-refractivity contribution in [2.75, 3.05) is 31.2 Å². The maximum Gasteiger partial charge on any atom is 0.357 e. The monoisotopic (exact) mass is 448 g/mol. The van der Waals surface area contributed by atoms with Gasteiger partial charge in [-0.1, -0.05) is 26.0 Å². The van der Waals surface area contributed by atoms with E-state index >= 15 is 0 Å². The second kappa shape index (κ2) is 8.45. The van der Waals surface area contributed by atoms with Crippen LogP contribution in [0.5, 0.6) is 0 Å². The zero-order chi connectivity index (χ0) is 23.2. The average Bonchev–Trinajstić information content (AvgIpc) is 3.18. The number of esters is 1. The van der Waals surface area contributed by atoms with E-state index in [1.807, 2.05) is 29.8 Å². The lowest BCUT2D eigenvalue weighted by atomic mass is 9.85. The van der Waals surface area contributed by atoms with Crippen LogP contribution in [0.25, 0.3) is 16.7 Å². The van der Waals surface area contributed by atoms with Crippen LogP contribution >= 0.6 is 0 Å². The molecule has 0 aliphatic carbocycles. The molecule has 1 aromatic carbocycles. The number of rotatable bonds is 5. The van der Waals surface area contributed by atoms with Crippen LogP contribution < -0.4 is 4.90 Å². The van der Waals surface area contributed by atoms with Crippen LogP contribution in [0.1, 0.15) is 67.7 Å². The molecule has 0 unspecified atom stereocenters. The molecule has 0 radical (unpaired) electrons. The van der Waals surface area contributed by atoms with Gasteiger partial charge in [-0.3, -0.25) is 0 Å². The van der Waals surface area contributed by atoms with E-state index in [1.54, 1.807) is 0 Å². The van der Waals surface area contributed by atoms with Crippen molar-refractivity contribution in [2.24, 2.45) is 0 Å². The molecule has 2 fully saturated rings. The van der Waals surface area contributed by atoms with Crippen molar-refractivity contribution in [1.29, 1.82) is 0 Å². The van der Waals surface area contributed by atoms with Gasteiger partial charge in [-0.15, -0.1) is 0 Å². The third-order valence-corrected chi connectivity index (χ3v) is 6.66. The first-order valence-corrected chi connectivity index (χ1v) is 12.0. The lowest BCUT2D eigenvalue weighted by molar-refractivity contribution is -0.0948. The summed E-state index contributed by atoms with van der Waals surface area (Å²) in [6.07, 6.45) is 3.42. The zero-order valence-electron chi connectivity index (χ0n) is 19.9. The van der Waals surface area contributed by atoms with Gasteiger partial charge in [-0.05, 0) is 62.8 Å². The largest absolute Gasteiger partial charge is 0.461 e. The van der Waals surface area contributed by atoms with Gasteiger partial charge in [-0.2, -0.15) is 5.10 Å². The summed E-state index contributed by atoms with van der Waals surface area (Å²) in [7, 11) is 0. The number of hydrogen-bond donors (Lipinski definition) is 0. The third kappa shape index (κ3) is 3.88. The molecular formula is C26H32N4O3. The highest BCUT2D eigenvalue weighted by Gasteiger charge is 2.46. The second-order valence-electron chi connectivity index (χ2n) is 9.58. The van der Waals surface area contributed by atoms with E-state index in [1.165, 1.54) is 6.42 Å². The summed E-state index contributed by atoms with van der Waals surface area (Å²) in [6.45, 7) is 10.9. The molecule has 0 bridgehead atoms. The van der Waals surface area contributed by atoms with Gasteiger partial charge >= 0.3 is 5.97 Å². The Bertz CT molecular complexity index is 1190. The third-order valence-electron chi connectivity index (χ3n) is 6.66. The molecule has 0 saturated carbocycles. The van der Waals surface area contributed by atoms with Crippen molar-refractivity contribution in [3.8, 4) is 5.69 Å². The van der Waals surface area contributed by atoms with Gasteiger partial charge in [-0.25, -0.2) is 14.5 Å². The minimum Gasteiger partial charge on any atom is -0.461 e. The minimum absolute atomic E-state index is 0.0670. The fourth-order valence-corrected chi connectivity index (χ4v) is 5.00. The molecule has 0 amide bonds. The zero-order valence-corrected chi connectivity index (χ0v) is 19.9. The van der Waals surface area contributed by atoms with Crippen LogP contribution in [-0.2, 0) is 9.47 Å². The molecule has 0 N–H and O–H groups in total. The summed E-state index contributed by atoms with van der Waals surface area (Å²) in [6, 6.07) is 10.1. The molecule has 2 aromatic heterocycles. The first kappa shape index (κ1) is 21.9. The molecule has 2 aliphatic heterocycles. The molecule has 174 valence electrons. The Morgan fingerprint density at radius 2 is 2.06 bits per heavy atom. The maximum absolute atomic E-state index is 12.7. The quantitative estimate of drug-likeness (QED) is 0.523. The van der Waals surface area contributed by atoms with Crippen LogP contribution in [0, 0.1) is 6.92 Å². The van der Waals surface area contributed by atoms with Crippen molar-refractivity contribution in [3.05, 3.63) is 47.3 Å². The first-order chi connectivity index (χ1) is 15.9. The van der Waals surface area contributed by atoms with Gasteiger partial charge in [0.25, 0.3) is 0 Å². The van der Waals surface area contributed by atoms with Gasteiger partial charge in [0.1, 0.15) is 5.60 Å². The number of ether oxygens (including phenoxy) is 2. The standard InChI is InChI=1S/C26H32N4O3/c1-5-32-25(31)20-14-21(29-15-26(16-29)11-6-7-12-33-26)22-23(17(2)3)28-30(24(22)27-20)19-10-8-9-18(4)13-19/h8-10,13-14,17H,5-7,11-12,15-16H2,1-4H3. The number of pyridine rings is 1. The number of hydrogen-bond acceptors (Lipinski definition) is 6.